The van der Waals surface area contributed by atoms with Crippen LogP contribution < -0.4 is 4.74 Å². The third-order valence-corrected chi connectivity index (χ3v) is 6.62. The van der Waals surface area contributed by atoms with Crippen LogP contribution >= 0.6 is 0 Å². The largest absolute Gasteiger partial charge is 0.507 e. The minimum absolute atomic E-state index is 0.0480. The number of nitrogens with zero attached hydrogens (tertiary/aromatic N) is 2. The minimum Gasteiger partial charge on any atom is -0.507 e. The van der Waals surface area contributed by atoms with Gasteiger partial charge in [0.05, 0.1) is 30.9 Å². The third kappa shape index (κ3) is 4.21. The number of amides is 1. The van der Waals surface area contributed by atoms with E-state index < -0.39 is 17.7 Å². The highest BCUT2D eigenvalue weighted by atomic mass is 16.5. The Kier molecular flexibility index (Phi) is 6.47. The number of methoxy groups -OCH3 is 2. The summed E-state index contributed by atoms with van der Waals surface area (Å²) in [5, 5.41) is 12.5. The molecule has 0 bridgehead atoms. The van der Waals surface area contributed by atoms with E-state index in [1.54, 1.807) is 13.2 Å². The zero-order valence-electron chi connectivity index (χ0n) is 21.1. The molecule has 0 radical (unpaired) electrons. The van der Waals surface area contributed by atoms with E-state index in [-0.39, 0.29) is 29.9 Å². The van der Waals surface area contributed by atoms with Gasteiger partial charge in [-0.25, -0.2) is 0 Å². The first-order chi connectivity index (χ1) is 16.6. The van der Waals surface area contributed by atoms with Gasteiger partial charge in [-0.2, -0.15) is 0 Å². The second-order valence-corrected chi connectivity index (χ2v) is 9.86. The molecule has 1 N–H and O–H groups in total. The molecule has 0 saturated carbocycles. The van der Waals surface area contributed by atoms with E-state index in [9.17, 15) is 14.7 Å². The zero-order chi connectivity index (χ0) is 25.5. The second kappa shape index (κ2) is 9.23. The summed E-state index contributed by atoms with van der Waals surface area (Å²) in [6, 6.07) is 12.6. The molecule has 7 heteroatoms. The van der Waals surface area contributed by atoms with Crippen molar-refractivity contribution >= 4 is 28.4 Å². The number of rotatable bonds is 6. The maximum atomic E-state index is 13.4. The average Bonchev–Trinajstić information content (AvgIpc) is 3.29. The Morgan fingerprint density at radius 1 is 1.09 bits per heavy atom. The van der Waals surface area contributed by atoms with Crippen molar-refractivity contribution in [3.8, 4) is 5.75 Å². The van der Waals surface area contributed by atoms with Crippen molar-refractivity contribution in [1.29, 1.82) is 0 Å². The molecular formula is C28H32N2O5. The summed E-state index contributed by atoms with van der Waals surface area (Å²) in [5.41, 5.74) is 2.94. The van der Waals surface area contributed by atoms with Crippen molar-refractivity contribution in [2.24, 2.45) is 7.05 Å². The van der Waals surface area contributed by atoms with E-state index in [0.717, 1.165) is 22.0 Å². The third-order valence-electron chi connectivity index (χ3n) is 6.62. The summed E-state index contributed by atoms with van der Waals surface area (Å²) in [5.74, 6) is -1.20. The molecule has 2 aromatic carbocycles. The Bertz CT molecular complexity index is 1330. The number of ether oxygens (including phenoxy) is 2. The zero-order valence-corrected chi connectivity index (χ0v) is 21.1. The summed E-state index contributed by atoms with van der Waals surface area (Å²) in [6.07, 6.45) is 1.91. The Morgan fingerprint density at radius 3 is 2.46 bits per heavy atom. The van der Waals surface area contributed by atoms with Gasteiger partial charge in [0.2, 0.25) is 0 Å². The van der Waals surface area contributed by atoms with E-state index in [4.69, 9.17) is 9.47 Å². The van der Waals surface area contributed by atoms with Gasteiger partial charge in [0, 0.05) is 43.4 Å². The summed E-state index contributed by atoms with van der Waals surface area (Å²) in [4.78, 5) is 28.1. The van der Waals surface area contributed by atoms with Gasteiger partial charge in [0.1, 0.15) is 11.5 Å². The fourth-order valence-corrected chi connectivity index (χ4v) is 4.72. The number of aryl methyl sites for hydroxylation is 1. The lowest BCUT2D eigenvalue weighted by molar-refractivity contribution is -0.140. The normalized spacial score (nSPS) is 18.0. The quantitative estimate of drug-likeness (QED) is 0.321. The smallest absolute Gasteiger partial charge is 0.295 e. The van der Waals surface area contributed by atoms with Gasteiger partial charge < -0.3 is 24.0 Å². The predicted octanol–water partition coefficient (Wildman–Crippen LogP) is 4.55. The molecule has 4 rings (SSSR count). The SMILES string of the molecule is COCCN1C(=O)C(=O)/C(=C(/O)c2cc(C(C)(C)C)ccc2OC)C1c1cn(C)c2ccccc12. The molecule has 0 spiro atoms. The van der Waals surface area contributed by atoms with Gasteiger partial charge in [-0.15, -0.1) is 0 Å². The predicted molar refractivity (Wildman–Crippen MR) is 135 cm³/mol. The summed E-state index contributed by atoms with van der Waals surface area (Å²) in [6.45, 7) is 6.68. The Hall–Kier alpha value is -3.58. The Morgan fingerprint density at radius 2 is 1.80 bits per heavy atom. The molecule has 1 atom stereocenters. The van der Waals surface area contributed by atoms with Crippen LogP contribution in [0.2, 0.25) is 0 Å². The monoisotopic (exact) mass is 476 g/mol. The van der Waals surface area contributed by atoms with Crippen molar-refractivity contribution in [1.82, 2.24) is 9.47 Å². The van der Waals surface area contributed by atoms with Crippen LogP contribution in [0.1, 0.15) is 43.5 Å². The molecule has 1 amide bonds. The standard InChI is InChI=1S/C28H32N2O5/c1-28(2,3)17-11-12-22(35-6)19(15-17)25(31)23-24(30(13-14-34-5)27(33)26(23)32)20-16-29(4)21-10-8-7-9-18(20)21/h7-12,15-16,24,31H,13-14H2,1-6H3/b25-23+. The molecule has 1 saturated heterocycles. The fourth-order valence-electron chi connectivity index (χ4n) is 4.72. The topological polar surface area (TPSA) is 81.0 Å². The molecule has 1 aromatic heterocycles. The lowest BCUT2D eigenvalue weighted by Crippen LogP contribution is -2.32. The number of carbonyl (C=O) groups is 2. The number of aliphatic hydroxyl groups is 1. The number of aromatic nitrogens is 1. The van der Waals surface area contributed by atoms with Crippen LogP contribution in [0.25, 0.3) is 16.7 Å². The van der Waals surface area contributed by atoms with Crippen LogP contribution in [-0.4, -0.2) is 53.6 Å². The Labute approximate surface area is 205 Å². The summed E-state index contributed by atoms with van der Waals surface area (Å²) < 4.78 is 12.7. The number of aliphatic hydroxyl groups excluding tert-OH is 1. The fraction of sp³-hybridized carbons (Fsp3) is 0.357. The van der Waals surface area contributed by atoms with Crippen LogP contribution in [0, 0.1) is 0 Å². The van der Waals surface area contributed by atoms with Crippen molar-refractivity contribution in [3.63, 3.8) is 0 Å². The highest BCUT2D eigenvalue weighted by Gasteiger charge is 2.47. The molecule has 1 fully saturated rings. The molecule has 184 valence electrons. The number of hydrogen-bond donors (Lipinski definition) is 1. The number of Topliss-reactive ketones (excluding diaryl/α,β-unsaturated/α-hetero) is 1. The number of hydrogen-bond acceptors (Lipinski definition) is 5. The lowest BCUT2D eigenvalue weighted by atomic mass is 9.85. The Balaban J connectivity index is 2.00. The van der Waals surface area contributed by atoms with Crippen LogP contribution in [-0.2, 0) is 26.8 Å². The minimum atomic E-state index is -0.765. The van der Waals surface area contributed by atoms with Gasteiger partial charge >= 0.3 is 0 Å². The maximum Gasteiger partial charge on any atom is 0.295 e. The second-order valence-electron chi connectivity index (χ2n) is 9.86. The van der Waals surface area contributed by atoms with Crippen LogP contribution in [0.4, 0.5) is 0 Å². The number of likely N-dealkylation sites (tertiary alicyclic amines) is 1. The van der Waals surface area contributed by atoms with Crippen LogP contribution in [0.15, 0.2) is 54.2 Å². The molecule has 2 heterocycles. The van der Waals surface area contributed by atoms with Gasteiger partial charge in [-0.05, 0) is 29.2 Å². The van der Waals surface area contributed by atoms with Crippen molar-refractivity contribution in [2.45, 2.75) is 32.2 Å². The molecule has 1 aliphatic rings. The maximum absolute atomic E-state index is 13.4. The van der Waals surface area contributed by atoms with Gasteiger partial charge in [-0.3, -0.25) is 9.59 Å². The van der Waals surface area contributed by atoms with Crippen molar-refractivity contribution in [2.75, 3.05) is 27.4 Å². The molecule has 7 nitrogen and oxygen atoms in total. The number of carbonyl (C=O) groups excluding carboxylic acids is 2. The van der Waals surface area contributed by atoms with Gasteiger partial charge in [0.15, 0.2) is 0 Å². The lowest BCUT2D eigenvalue weighted by Gasteiger charge is -2.25. The molecule has 3 aromatic rings. The highest BCUT2D eigenvalue weighted by Crippen LogP contribution is 2.44. The number of para-hydroxylation sites is 1. The summed E-state index contributed by atoms with van der Waals surface area (Å²) >= 11 is 0. The molecule has 1 unspecified atom stereocenters. The van der Waals surface area contributed by atoms with Crippen LogP contribution in [0.5, 0.6) is 5.75 Å². The van der Waals surface area contributed by atoms with E-state index in [2.05, 4.69) is 20.8 Å². The van der Waals surface area contributed by atoms with E-state index in [0.29, 0.717) is 11.3 Å². The molecule has 0 aliphatic carbocycles. The van der Waals surface area contributed by atoms with E-state index >= 15 is 0 Å². The summed E-state index contributed by atoms with van der Waals surface area (Å²) in [7, 11) is 4.98. The molecule has 35 heavy (non-hydrogen) atoms. The van der Waals surface area contributed by atoms with E-state index in [1.807, 2.05) is 54.2 Å². The van der Waals surface area contributed by atoms with Gasteiger partial charge in [-0.1, -0.05) is 45.0 Å². The van der Waals surface area contributed by atoms with Crippen molar-refractivity contribution < 1.29 is 24.2 Å². The first-order valence-corrected chi connectivity index (χ1v) is 11.6. The number of benzene rings is 2. The first-order valence-electron chi connectivity index (χ1n) is 11.6. The molecular weight excluding hydrogens is 444 g/mol. The molecule has 1 aliphatic heterocycles. The van der Waals surface area contributed by atoms with Crippen molar-refractivity contribution in [3.05, 3.63) is 70.9 Å². The van der Waals surface area contributed by atoms with Crippen LogP contribution in [0.3, 0.4) is 0 Å². The first kappa shape index (κ1) is 24.5. The average molecular weight is 477 g/mol. The highest BCUT2D eigenvalue weighted by molar-refractivity contribution is 6.46. The van der Waals surface area contributed by atoms with Gasteiger partial charge in [0.25, 0.3) is 11.7 Å². The number of ketones is 1. The van der Waals surface area contributed by atoms with E-state index in [1.165, 1.54) is 12.0 Å². The number of fused-ring (bicyclic) bond motifs is 1.